The molecule has 0 aliphatic heterocycles. The molecule has 3 nitrogen and oxygen atoms in total. The van der Waals surface area contributed by atoms with Gasteiger partial charge >= 0.3 is 99.8 Å². The second kappa shape index (κ2) is 14.2. The van der Waals surface area contributed by atoms with Gasteiger partial charge in [0.15, 0.2) is 0 Å². The van der Waals surface area contributed by atoms with E-state index in [4.69, 9.17) is 4.98 Å². The molecule has 0 aliphatic rings. The smallest absolute Gasteiger partial charge is 0 e. The van der Waals surface area contributed by atoms with Crippen molar-refractivity contribution in [1.82, 2.24) is 14.5 Å². The van der Waals surface area contributed by atoms with Crippen LogP contribution in [0.1, 0.15) is 26.3 Å². The van der Waals surface area contributed by atoms with Gasteiger partial charge in [0.1, 0.15) is 0 Å². The predicted octanol–water partition coefficient (Wildman–Crippen LogP) is 11.2. The van der Waals surface area contributed by atoms with Crippen LogP contribution in [0.25, 0.3) is 59.5 Å². The molecule has 0 fully saturated rings. The number of imidazole rings is 1. The van der Waals surface area contributed by atoms with Crippen molar-refractivity contribution in [2.45, 2.75) is 43.5 Å². The van der Waals surface area contributed by atoms with E-state index in [-0.39, 0.29) is 25.5 Å². The number of fused-ring (bicyclic) bond motifs is 4. The molecule has 1 radical (unpaired) electrons. The fraction of sp³-hybridized carbons (Fsp3) is 0.163. The Bertz CT molecular complexity index is 2340. The third kappa shape index (κ3) is 7.37. The molecule has 8 rings (SSSR count). The van der Waals surface area contributed by atoms with E-state index in [0.29, 0.717) is 0 Å². The number of thiophene rings is 1. The molecule has 0 saturated heterocycles. The maximum absolute atomic E-state index is 5.03. The van der Waals surface area contributed by atoms with E-state index in [1.54, 1.807) is 0 Å². The first-order chi connectivity index (χ1) is 23.1. The van der Waals surface area contributed by atoms with Gasteiger partial charge in [-0.05, 0) is 51.4 Å². The van der Waals surface area contributed by atoms with Gasteiger partial charge in [0.2, 0.25) is 0 Å². The molecule has 8 aromatic rings. The average molecular weight is 895 g/mol. The van der Waals surface area contributed by atoms with Crippen molar-refractivity contribution in [3.63, 3.8) is 0 Å². The van der Waals surface area contributed by atoms with Crippen LogP contribution in [0.4, 0.5) is 0 Å². The first-order valence-electron chi connectivity index (χ1n) is 16.4. The first-order valence-corrected chi connectivity index (χ1v) is 24.6. The maximum Gasteiger partial charge on any atom is 0 e. The molecule has 3 aromatic heterocycles. The third-order valence-corrected chi connectivity index (χ3v) is 14.1. The van der Waals surface area contributed by atoms with Crippen molar-refractivity contribution >= 4 is 60.2 Å². The van der Waals surface area contributed by atoms with E-state index < -0.39 is 13.3 Å². The molecule has 0 aliphatic carbocycles. The van der Waals surface area contributed by atoms with Crippen molar-refractivity contribution in [2.24, 2.45) is 0 Å². The van der Waals surface area contributed by atoms with Gasteiger partial charge in [-0.2, -0.15) is 11.3 Å². The Morgan fingerprint density at radius 1 is 0.714 bits per heavy atom. The average Bonchev–Trinajstić information content (AvgIpc) is 3.67. The molecule has 0 amide bonds. The minimum atomic E-state index is -1.72. The number of hydrogen-bond donors (Lipinski definition) is 0. The topological polar surface area (TPSA) is 30.7 Å². The van der Waals surface area contributed by atoms with Crippen LogP contribution in [0, 0.1) is 12.1 Å². The van der Waals surface area contributed by atoms with Gasteiger partial charge in [-0.25, -0.2) is 0 Å². The number of hydrogen-bond acceptors (Lipinski definition) is 3. The van der Waals surface area contributed by atoms with Crippen molar-refractivity contribution in [3.8, 4) is 28.3 Å². The summed E-state index contributed by atoms with van der Waals surface area (Å²) in [5.74, 6) is 8.07. The summed E-state index contributed by atoms with van der Waals surface area (Å²) in [5, 5.41) is 2.55. The largest absolute Gasteiger partial charge is 0 e. The zero-order valence-corrected chi connectivity index (χ0v) is 34.0. The van der Waals surface area contributed by atoms with E-state index in [0.717, 1.165) is 39.4 Å². The monoisotopic (exact) mass is 896 g/mol. The van der Waals surface area contributed by atoms with E-state index >= 15 is 0 Å². The second-order valence-corrected chi connectivity index (χ2v) is 26.0. The number of benzene rings is 5. The number of nitrogens with zero attached hydrogens (tertiary/aromatic N) is 3. The molecule has 0 bridgehead atoms. The second-order valence-electron chi connectivity index (χ2n) is 14.2. The van der Waals surface area contributed by atoms with Gasteiger partial charge < -0.3 is 4.57 Å². The summed E-state index contributed by atoms with van der Waals surface area (Å²) in [4.78, 5) is 9.56. The van der Waals surface area contributed by atoms with Crippen molar-refractivity contribution < 1.29 is 20.1 Å². The van der Waals surface area contributed by atoms with Crippen molar-refractivity contribution in [2.75, 3.05) is 0 Å². The summed E-state index contributed by atoms with van der Waals surface area (Å²) >= 11 is 0.111. The summed E-state index contributed by atoms with van der Waals surface area (Å²) < 4.78 is 6.27. The third-order valence-electron chi connectivity index (χ3n) is 8.72. The molecule has 5 aromatic carbocycles. The van der Waals surface area contributed by atoms with Gasteiger partial charge in [0.05, 0.1) is 16.9 Å². The molecular formula is C43H39GeIrN3S-2. The SMILES string of the molecule is CC(C)(C)c1ccc(-n2c(-c3[c-]cc4c(c3)sc3ccccc34)nc3ccccc32)cc1.[CH3][Ge]([CH3])([CH3])[c]1ccc(-c2[c-]cccc2)nc1.[Ir]. The maximum atomic E-state index is 5.03. The predicted molar refractivity (Wildman–Crippen MR) is 208 cm³/mol. The van der Waals surface area contributed by atoms with Crippen molar-refractivity contribution in [3.05, 3.63) is 145 Å². The van der Waals surface area contributed by atoms with Crippen LogP contribution >= 0.6 is 11.3 Å². The van der Waals surface area contributed by atoms with Crippen LogP contribution in [-0.4, -0.2) is 27.8 Å². The molecule has 0 unspecified atom stereocenters. The first kappa shape index (κ1) is 35.0. The van der Waals surface area contributed by atoms with Crippen LogP contribution < -0.4 is 4.40 Å². The molecule has 0 atom stereocenters. The van der Waals surface area contributed by atoms with Crippen LogP contribution in [0.15, 0.2) is 128 Å². The molecule has 0 N–H and O–H groups in total. The van der Waals surface area contributed by atoms with Gasteiger partial charge in [-0.1, -0.05) is 68.6 Å². The van der Waals surface area contributed by atoms with E-state index in [2.05, 4.69) is 151 Å². The zero-order valence-electron chi connectivity index (χ0n) is 28.7. The molecule has 6 heteroatoms. The Morgan fingerprint density at radius 2 is 1.45 bits per heavy atom. The Morgan fingerprint density at radius 3 is 2.14 bits per heavy atom. The minimum absolute atomic E-state index is 0. The molecule has 0 saturated carbocycles. The van der Waals surface area contributed by atoms with E-state index in [1.807, 2.05) is 47.9 Å². The standard InChI is InChI=1S/C29H23N2S.C14H16GeN.Ir/c1-29(2,3)20-13-15-21(16-14-20)31-25-10-6-5-9-24(25)30-28(31)19-12-17-23-22-8-4-7-11-26(22)32-27(23)18-19;1-15(2,3)13-9-10-14(16-11-13)12-7-5-4-6-8-12;/h4-11,13-18H,1-3H3;4-7,9-11H,1-3H3;/q2*-1;. The Hall–Kier alpha value is -3.87. The summed E-state index contributed by atoms with van der Waals surface area (Å²) in [7, 11) is 0. The van der Waals surface area contributed by atoms with Gasteiger partial charge in [-0.3, -0.25) is 4.98 Å². The molecule has 49 heavy (non-hydrogen) atoms. The van der Waals surface area contributed by atoms with Crippen LogP contribution in [0.5, 0.6) is 0 Å². The number of para-hydroxylation sites is 2. The van der Waals surface area contributed by atoms with Crippen molar-refractivity contribution in [1.29, 1.82) is 0 Å². The fourth-order valence-corrected chi connectivity index (χ4v) is 9.22. The molecule has 0 spiro atoms. The quantitative estimate of drug-likeness (QED) is 0.130. The zero-order chi connectivity index (χ0) is 33.5. The van der Waals surface area contributed by atoms with Gasteiger partial charge in [0, 0.05) is 30.5 Å². The minimum Gasteiger partial charge on any atom is 0 e. The number of rotatable bonds is 4. The fourth-order valence-electron chi connectivity index (χ4n) is 5.92. The normalized spacial score (nSPS) is 11.7. The summed E-state index contributed by atoms with van der Waals surface area (Å²) in [6.45, 7) is 6.74. The van der Waals surface area contributed by atoms with E-state index in [9.17, 15) is 0 Å². The molecular weight excluding hydrogens is 855 g/mol. The van der Waals surface area contributed by atoms with Crippen LogP contribution in [0.2, 0.25) is 17.3 Å². The van der Waals surface area contributed by atoms with Gasteiger partial charge in [-0.15, -0.1) is 23.8 Å². The summed E-state index contributed by atoms with van der Waals surface area (Å²) in [5.41, 5.74) is 7.75. The summed E-state index contributed by atoms with van der Waals surface area (Å²) in [6.07, 6.45) is 2.04. The molecule has 247 valence electrons. The Balaban J connectivity index is 0.000000208. The van der Waals surface area contributed by atoms with Crippen LogP contribution in [0.3, 0.4) is 0 Å². The van der Waals surface area contributed by atoms with Crippen LogP contribution in [-0.2, 0) is 25.5 Å². The van der Waals surface area contributed by atoms with Gasteiger partial charge in [0.25, 0.3) is 0 Å². The molecule has 3 heterocycles. The number of pyridine rings is 1. The van der Waals surface area contributed by atoms with E-state index in [1.165, 1.54) is 30.1 Å². The Kier molecular flexibility index (Phi) is 10.1. The Labute approximate surface area is 309 Å². The summed E-state index contributed by atoms with van der Waals surface area (Å²) in [6, 6.07) is 49.2. The number of aromatic nitrogens is 3.